The van der Waals surface area contributed by atoms with Gasteiger partial charge in [-0.3, -0.25) is 9.78 Å². The van der Waals surface area contributed by atoms with Crippen molar-refractivity contribution in [2.24, 2.45) is 0 Å². The number of hydrogen-bond acceptors (Lipinski definition) is 6. The van der Waals surface area contributed by atoms with Crippen LogP contribution in [0.25, 0.3) is 0 Å². The van der Waals surface area contributed by atoms with Crippen molar-refractivity contribution in [3.63, 3.8) is 0 Å². The number of pyridine rings is 1. The molecular formula is C18H15BrN4O3. The summed E-state index contributed by atoms with van der Waals surface area (Å²) in [7, 11) is 0. The third-order valence-electron chi connectivity index (χ3n) is 4.08. The van der Waals surface area contributed by atoms with E-state index in [-0.39, 0.29) is 18.4 Å². The van der Waals surface area contributed by atoms with E-state index in [1.54, 1.807) is 23.4 Å². The van der Waals surface area contributed by atoms with E-state index in [0.717, 1.165) is 10.2 Å². The van der Waals surface area contributed by atoms with Gasteiger partial charge in [-0.1, -0.05) is 23.4 Å². The second-order valence-corrected chi connectivity index (χ2v) is 6.86. The largest absolute Gasteiger partial charge is 0.484 e. The van der Waals surface area contributed by atoms with Gasteiger partial charge in [0.1, 0.15) is 5.75 Å². The number of rotatable bonds is 5. The molecule has 1 amide bonds. The summed E-state index contributed by atoms with van der Waals surface area (Å²) in [5, 5.41) is 4.01. The number of ether oxygens (including phenoxy) is 1. The van der Waals surface area contributed by atoms with Gasteiger partial charge in [-0.25, -0.2) is 0 Å². The van der Waals surface area contributed by atoms with Crippen LogP contribution in [0.5, 0.6) is 5.75 Å². The average Bonchev–Trinajstić information content (AvgIpc) is 3.08. The standard InChI is InChI=1S/C18H15BrN4O3/c19-14-6-12(7-20-8-14)18(24)23-9-13(10-23)17-21-16(26-22-17)11-25-15-4-2-1-3-5-15/h1-8,13H,9-11H2. The lowest BCUT2D eigenvalue weighted by Gasteiger charge is -2.37. The van der Waals surface area contributed by atoms with Crippen LogP contribution in [0, 0.1) is 0 Å². The van der Waals surface area contributed by atoms with E-state index in [1.165, 1.54) is 0 Å². The lowest BCUT2D eigenvalue weighted by Crippen LogP contribution is -2.48. The number of likely N-dealkylation sites (tertiary alicyclic amines) is 1. The van der Waals surface area contributed by atoms with Gasteiger partial charge in [0.2, 0.25) is 0 Å². The van der Waals surface area contributed by atoms with Gasteiger partial charge < -0.3 is 14.2 Å². The molecule has 7 nitrogen and oxygen atoms in total. The summed E-state index contributed by atoms with van der Waals surface area (Å²) in [4.78, 5) is 22.5. The molecule has 26 heavy (non-hydrogen) atoms. The van der Waals surface area contributed by atoms with Crippen LogP contribution in [0.3, 0.4) is 0 Å². The highest BCUT2D eigenvalue weighted by molar-refractivity contribution is 9.10. The third kappa shape index (κ3) is 3.60. The maximum atomic E-state index is 12.4. The molecule has 0 atom stereocenters. The molecule has 0 spiro atoms. The Morgan fingerprint density at radius 2 is 2.08 bits per heavy atom. The molecule has 1 aliphatic heterocycles. The number of nitrogens with zero attached hydrogens (tertiary/aromatic N) is 4. The molecule has 0 radical (unpaired) electrons. The van der Waals surface area contributed by atoms with E-state index in [2.05, 4.69) is 31.1 Å². The van der Waals surface area contributed by atoms with Crippen LogP contribution in [-0.4, -0.2) is 39.0 Å². The fraction of sp³-hybridized carbons (Fsp3) is 0.222. The highest BCUT2D eigenvalue weighted by Gasteiger charge is 2.35. The van der Waals surface area contributed by atoms with Gasteiger partial charge in [-0.2, -0.15) is 4.98 Å². The van der Waals surface area contributed by atoms with Crippen molar-refractivity contribution < 1.29 is 14.1 Å². The van der Waals surface area contributed by atoms with Crippen molar-refractivity contribution in [1.29, 1.82) is 0 Å². The molecule has 1 aliphatic rings. The summed E-state index contributed by atoms with van der Waals surface area (Å²) < 4.78 is 11.6. The molecule has 0 saturated carbocycles. The van der Waals surface area contributed by atoms with Crippen molar-refractivity contribution in [3.8, 4) is 5.75 Å². The lowest BCUT2D eigenvalue weighted by atomic mass is 9.98. The molecule has 0 bridgehead atoms. The van der Waals surface area contributed by atoms with Crippen LogP contribution in [-0.2, 0) is 6.61 Å². The first-order valence-corrected chi connectivity index (χ1v) is 8.88. The average molecular weight is 415 g/mol. The normalized spacial score (nSPS) is 14.1. The molecule has 4 rings (SSSR count). The third-order valence-corrected chi connectivity index (χ3v) is 4.51. The van der Waals surface area contributed by atoms with Gasteiger partial charge >= 0.3 is 0 Å². The summed E-state index contributed by atoms with van der Waals surface area (Å²) in [6.07, 6.45) is 3.21. The van der Waals surface area contributed by atoms with Crippen LogP contribution in [0.15, 0.2) is 57.8 Å². The van der Waals surface area contributed by atoms with Crippen LogP contribution in [0.1, 0.15) is 28.0 Å². The molecule has 132 valence electrons. The van der Waals surface area contributed by atoms with Crippen LogP contribution >= 0.6 is 15.9 Å². The van der Waals surface area contributed by atoms with Crippen molar-refractivity contribution in [3.05, 3.63) is 70.5 Å². The maximum absolute atomic E-state index is 12.4. The SMILES string of the molecule is O=C(c1cncc(Br)c1)N1CC(c2noc(COc3ccccc3)n2)C1. The minimum Gasteiger partial charge on any atom is -0.484 e. The summed E-state index contributed by atoms with van der Waals surface area (Å²) in [6, 6.07) is 11.2. The van der Waals surface area contributed by atoms with Crippen molar-refractivity contribution >= 4 is 21.8 Å². The Hall–Kier alpha value is -2.74. The number of halogens is 1. The van der Waals surface area contributed by atoms with E-state index >= 15 is 0 Å². The summed E-state index contributed by atoms with van der Waals surface area (Å²) in [5.41, 5.74) is 0.558. The predicted molar refractivity (Wildman–Crippen MR) is 95.7 cm³/mol. The molecular weight excluding hydrogens is 400 g/mol. The summed E-state index contributed by atoms with van der Waals surface area (Å²) >= 11 is 3.32. The molecule has 0 unspecified atom stereocenters. The zero-order valence-electron chi connectivity index (χ0n) is 13.7. The second kappa shape index (κ2) is 7.25. The predicted octanol–water partition coefficient (Wildman–Crippen LogP) is 3.05. The minimum atomic E-state index is -0.0498. The summed E-state index contributed by atoms with van der Waals surface area (Å²) in [6.45, 7) is 1.34. The molecule has 8 heteroatoms. The van der Waals surface area contributed by atoms with Crippen molar-refractivity contribution in [1.82, 2.24) is 20.0 Å². The van der Waals surface area contributed by atoms with Crippen molar-refractivity contribution in [2.45, 2.75) is 12.5 Å². The molecule has 3 aromatic rings. The Bertz CT molecular complexity index is 910. The van der Waals surface area contributed by atoms with Gasteiger partial charge in [-0.05, 0) is 34.1 Å². The smallest absolute Gasteiger partial charge is 0.264 e. The zero-order valence-corrected chi connectivity index (χ0v) is 15.3. The number of aromatic nitrogens is 3. The van der Waals surface area contributed by atoms with Gasteiger partial charge in [0, 0.05) is 30.0 Å². The van der Waals surface area contributed by atoms with E-state index in [1.807, 2.05) is 30.3 Å². The van der Waals surface area contributed by atoms with Crippen LogP contribution in [0.4, 0.5) is 0 Å². The highest BCUT2D eigenvalue weighted by Crippen LogP contribution is 2.27. The highest BCUT2D eigenvalue weighted by atomic mass is 79.9. The number of carbonyl (C=O) groups is 1. The lowest BCUT2D eigenvalue weighted by molar-refractivity contribution is 0.0591. The first kappa shape index (κ1) is 16.7. The first-order valence-electron chi connectivity index (χ1n) is 8.09. The van der Waals surface area contributed by atoms with Gasteiger partial charge in [-0.15, -0.1) is 0 Å². The van der Waals surface area contributed by atoms with Gasteiger partial charge in [0.15, 0.2) is 12.4 Å². The fourth-order valence-electron chi connectivity index (χ4n) is 2.67. The van der Waals surface area contributed by atoms with Gasteiger partial charge in [0.25, 0.3) is 11.8 Å². The molecule has 3 heterocycles. The Balaban J connectivity index is 1.32. The van der Waals surface area contributed by atoms with Crippen molar-refractivity contribution in [2.75, 3.05) is 13.1 Å². The fourth-order valence-corrected chi connectivity index (χ4v) is 3.04. The van der Waals surface area contributed by atoms with E-state index in [0.29, 0.717) is 30.4 Å². The topological polar surface area (TPSA) is 81.4 Å². The Morgan fingerprint density at radius 3 is 2.85 bits per heavy atom. The number of carbonyl (C=O) groups excluding carboxylic acids is 1. The number of hydrogen-bond donors (Lipinski definition) is 0. The Labute approximate surface area is 158 Å². The maximum Gasteiger partial charge on any atom is 0.264 e. The molecule has 1 fully saturated rings. The monoisotopic (exact) mass is 414 g/mol. The van der Waals surface area contributed by atoms with Gasteiger partial charge in [0.05, 0.1) is 11.5 Å². The molecule has 1 aromatic carbocycles. The molecule has 0 N–H and O–H groups in total. The minimum absolute atomic E-state index is 0.0498. The van der Waals surface area contributed by atoms with E-state index < -0.39 is 0 Å². The van der Waals surface area contributed by atoms with Crippen LogP contribution < -0.4 is 4.74 Å². The molecule has 1 saturated heterocycles. The number of amides is 1. The Kier molecular flexibility index (Phi) is 4.66. The van der Waals surface area contributed by atoms with E-state index in [9.17, 15) is 4.79 Å². The summed E-state index contributed by atoms with van der Waals surface area (Å²) in [5.74, 6) is 1.80. The quantitative estimate of drug-likeness (QED) is 0.637. The second-order valence-electron chi connectivity index (χ2n) is 5.95. The molecule has 2 aromatic heterocycles. The molecule has 0 aliphatic carbocycles. The van der Waals surface area contributed by atoms with E-state index in [4.69, 9.17) is 9.26 Å². The number of benzene rings is 1. The Morgan fingerprint density at radius 1 is 1.27 bits per heavy atom. The number of para-hydroxylation sites is 1. The first-order chi connectivity index (χ1) is 12.7. The zero-order chi connectivity index (χ0) is 17.9. The van der Waals surface area contributed by atoms with Crippen LogP contribution in [0.2, 0.25) is 0 Å².